The number of hydrogen-bond acceptors (Lipinski definition) is 2. The lowest BCUT2D eigenvalue weighted by atomic mass is 10.3. The zero-order valence-electron chi connectivity index (χ0n) is 7.20. The maximum Gasteiger partial charge on any atom is 0.330 e. The van der Waals surface area contributed by atoms with Crippen LogP contribution in [0.4, 0.5) is 10.5 Å². The fraction of sp³-hybridized carbons (Fsp3) is 0. The minimum absolute atomic E-state index is 0.600. The monoisotopic (exact) mass is 212 g/mol. The van der Waals surface area contributed by atoms with Crippen LogP contribution < -0.4 is 16.6 Å². The second-order valence-electron chi connectivity index (χ2n) is 2.37. The minimum atomic E-state index is -0.678. The van der Waals surface area contributed by atoms with Crippen molar-refractivity contribution < 1.29 is 4.79 Å². The van der Waals surface area contributed by atoms with Crippen LogP contribution in [0.2, 0.25) is 5.02 Å². The van der Waals surface area contributed by atoms with Crippen molar-refractivity contribution in [1.82, 2.24) is 10.9 Å². The Morgan fingerprint density at radius 3 is 3.00 bits per heavy atom. The lowest BCUT2D eigenvalue weighted by molar-refractivity contribution is 0.247. The van der Waals surface area contributed by atoms with E-state index >= 15 is 0 Å². The Balaban J connectivity index is 2.47. The zero-order chi connectivity index (χ0) is 10.4. The molecule has 1 aromatic rings. The number of hydrogen-bond donors (Lipinski definition) is 3. The number of rotatable bonds is 3. The van der Waals surface area contributed by atoms with Crippen LogP contribution in [0.15, 0.2) is 29.3 Å². The molecular weight excluding hydrogens is 204 g/mol. The summed E-state index contributed by atoms with van der Waals surface area (Å²) in [4.78, 5) is 14.2. The molecule has 14 heavy (non-hydrogen) atoms. The number of amides is 2. The van der Waals surface area contributed by atoms with Crippen LogP contribution in [0.3, 0.4) is 0 Å². The number of urea groups is 1. The van der Waals surface area contributed by atoms with Gasteiger partial charge in [0, 0.05) is 5.02 Å². The molecule has 74 valence electrons. The summed E-state index contributed by atoms with van der Waals surface area (Å²) >= 11 is 5.72. The van der Waals surface area contributed by atoms with Gasteiger partial charge < -0.3 is 5.73 Å². The summed E-state index contributed by atoms with van der Waals surface area (Å²) in [5, 5.41) is 0.600. The second kappa shape index (κ2) is 5.08. The van der Waals surface area contributed by atoms with Gasteiger partial charge in [0.05, 0.1) is 5.69 Å². The molecule has 2 amide bonds. The van der Waals surface area contributed by atoms with Crippen molar-refractivity contribution in [3.05, 3.63) is 29.3 Å². The molecule has 0 saturated carbocycles. The highest BCUT2D eigenvalue weighted by molar-refractivity contribution is 6.30. The molecule has 0 aliphatic rings. The lowest BCUT2D eigenvalue weighted by Gasteiger charge is -1.98. The third-order valence-corrected chi connectivity index (χ3v) is 1.52. The van der Waals surface area contributed by atoms with E-state index in [0.717, 1.165) is 0 Å². The van der Waals surface area contributed by atoms with Crippen LogP contribution in [-0.2, 0) is 0 Å². The van der Waals surface area contributed by atoms with Crippen LogP contribution >= 0.6 is 11.6 Å². The van der Waals surface area contributed by atoms with Crippen LogP contribution in [0.1, 0.15) is 0 Å². The van der Waals surface area contributed by atoms with Crippen molar-refractivity contribution in [1.29, 1.82) is 0 Å². The van der Waals surface area contributed by atoms with E-state index in [-0.39, 0.29) is 0 Å². The molecule has 0 fully saturated rings. The van der Waals surface area contributed by atoms with E-state index in [0.29, 0.717) is 10.7 Å². The van der Waals surface area contributed by atoms with E-state index < -0.39 is 6.03 Å². The van der Waals surface area contributed by atoms with Gasteiger partial charge in [-0.05, 0) is 18.2 Å². The Kier molecular flexibility index (Phi) is 3.75. The third-order valence-electron chi connectivity index (χ3n) is 1.28. The third kappa shape index (κ3) is 3.77. The number of halogens is 1. The van der Waals surface area contributed by atoms with Gasteiger partial charge in [0.2, 0.25) is 0 Å². The van der Waals surface area contributed by atoms with E-state index in [4.69, 9.17) is 17.3 Å². The molecule has 0 aliphatic heterocycles. The number of aliphatic imine (C=N–C) groups is 1. The first-order valence-corrected chi connectivity index (χ1v) is 4.15. The zero-order valence-corrected chi connectivity index (χ0v) is 7.95. The summed E-state index contributed by atoms with van der Waals surface area (Å²) in [6.07, 6.45) is 1.30. The van der Waals surface area contributed by atoms with Gasteiger partial charge in [-0.15, -0.1) is 0 Å². The molecule has 0 saturated heterocycles. The molecule has 0 atom stereocenters. The van der Waals surface area contributed by atoms with E-state index in [9.17, 15) is 4.79 Å². The van der Waals surface area contributed by atoms with Crippen LogP contribution in [0.5, 0.6) is 0 Å². The fourth-order valence-electron chi connectivity index (χ4n) is 0.767. The number of nitrogens with two attached hydrogens (primary N) is 1. The smallest absolute Gasteiger partial charge is 0.330 e. The predicted octanol–water partition coefficient (Wildman–Crippen LogP) is 1.17. The van der Waals surface area contributed by atoms with Gasteiger partial charge in [-0.2, -0.15) is 0 Å². The van der Waals surface area contributed by atoms with Crippen LogP contribution in [0.25, 0.3) is 0 Å². The highest BCUT2D eigenvalue weighted by Gasteiger charge is 1.89. The summed E-state index contributed by atoms with van der Waals surface area (Å²) in [7, 11) is 0. The van der Waals surface area contributed by atoms with Crippen molar-refractivity contribution >= 4 is 29.7 Å². The largest absolute Gasteiger partial charge is 0.350 e. The maximum atomic E-state index is 10.2. The SMILES string of the molecule is NC(=O)NNC=Nc1cccc(Cl)c1. The summed E-state index contributed by atoms with van der Waals surface area (Å²) in [5.41, 5.74) is 10.0. The van der Waals surface area contributed by atoms with Crippen molar-refractivity contribution in [3.8, 4) is 0 Å². The molecule has 0 aliphatic carbocycles. The average Bonchev–Trinajstić information content (AvgIpc) is 2.12. The summed E-state index contributed by atoms with van der Waals surface area (Å²) in [6.45, 7) is 0. The Morgan fingerprint density at radius 2 is 2.36 bits per heavy atom. The predicted molar refractivity (Wildman–Crippen MR) is 55.5 cm³/mol. The normalized spacial score (nSPS) is 10.1. The van der Waals surface area contributed by atoms with Crippen molar-refractivity contribution in [2.45, 2.75) is 0 Å². The van der Waals surface area contributed by atoms with Gasteiger partial charge in [-0.3, -0.25) is 10.9 Å². The summed E-state index contributed by atoms with van der Waals surface area (Å²) in [5.74, 6) is 0. The number of carbonyl (C=O) groups excluding carboxylic acids is 1. The van der Waals surface area contributed by atoms with Gasteiger partial charge in [-0.25, -0.2) is 9.79 Å². The number of primary amides is 1. The number of carbonyl (C=O) groups is 1. The van der Waals surface area contributed by atoms with Gasteiger partial charge in [0.25, 0.3) is 0 Å². The van der Waals surface area contributed by atoms with Crippen molar-refractivity contribution in [2.75, 3.05) is 0 Å². The number of nitrogens with zero attached hydrogens (tertiary/aromatic N) is 1. The van der Waals surface area contributed by atoms with Crippen LogP contribution in [-0.4, -0.2) is 12.4 Å². The Bertz CT molecular complexity index is 353. The topological polar surface area (TPSA) is 79.5 Å². The number of nitrogens with one attached hydrogen (secondary N) is 2. The quantitative estimate of drug-likeness (QED) is 0.400. The van der Waals surface area contributed by atoms with E-state index in [1.807, 2.05) is 0 Å². The first-order valence-electron chi connectivity index (χ1n) is 3.77. The highest BCUT2D eigenvalue weighted by Crippen LogP contribution is 2.16. The minimum Gasteiger partial charge on any atom is -0.350 e. The standard InChI is InChI=1S/C8H9ClN4O/c9-6-2-1-3-7(4-6)11-5-12-13-8(10)14/h1-5H,(H,11,12)(H3,10,13,14). The number of hydrazine groups is 1. The van der Waals surface area contributed by atoms with Gasteiger partial charge in [-0.1, -0.05) is 17.7 Å². The van der Waals surface area contributed by atoms with Crippen LogP contribution in [0, 0.1) is 0 Å². The number of benzene rings is 1. The molecule has 4 N–H and O–H groups in total. The first-order chi connectivity index (χ1) is 6.68. The highest BCUT2D eigenvalue weighted by atomic mass is 35.5. The Labute approximate surface area is 85.9 Å². The molecule has 1 rings (SSSR count). The Morgan fingerprint density at radius 1 is 1.57 bits per heavy atom. The summed E-state index contributed by atoms with van der Waals surface area (Å²) in [6, 6.07) is 6.30. The Hall–Kier alpha value is -1.75. The second-order valence-corrected chi connectivity index (χ2v) is 2.81. The summed E-state index contributed by atoms with van der Waals surface area (Å²) < 4.78 is 0. The molecular formula is C8H9ClN4O. The van der Waals surface area contributed by atoms with Gasteiger partial charge >= 0.3 is 6.03 Å². The molecule has 5 nitrogen and oxygen atoms in total. The molecule has 0 heterocycles. The van der Waals surface area contributed by atoms with E-state index in [2.05, 4.69) is 15.8 Å². The molecule has 1 aromatic carbocycles. The molecule has 0 unspecified atom stereocenters. The first kappa shape index (κ1) is 10.3. The van der Waals surface area contributed by atoms with Gasteiger partial charge in [0.1, 0.15) is 6.34 Å². The molecule has 0 radical (unpaired) electrons. The fourth-order valence-corrected chi connectivity index (χ4v) is 0.951. The lowest BCUT2D eigenvalue weighted by Crippen LogP contribution is -2.40. The molecule has 0 aromatic heterocycles. The van der Waals surface area contributed by atoms with Gasteiger partial charge in [0.15, 0.2) is 0 Å². The van der Waals surface area contributed by atoms with E-state index in [1.54, 1.807) is 24.3 Å². The van der Waals surface area contributed by atoms with Crippen molar-refractivity contribution in [3.63, 3.8) is 0 Å². The van der Waals surface area contributed by atoms with E-state index in [1.165, 1.54) is 6.34 Å². The molecule has 0 spiro atoms. The molecule has 0 bridgehead atoms. The van der Waals surface area contributed by atoms with Crippen molar-refractivity contribution in [2.24, 2.45) is 10.7 Å². The molecule has 6 heteroatoms. The average molecular weight is 213 g/mol. The maximum absolute atomic E-state index is 10.2.